The van der Waals surface area contributed by atoms with Crippen molar-refractivity contribution >= 4 is 22.8 Å². The topological polar surface area (TPSA) is 87.8 Å². The van der Waals surface area contributed by atoms with E-state index in [9.17, 15) is 4.79 Å². The van der Waals surface area contributed by atoms with Crippen LogP contribution in [0.3, 0.4) is 0 Å². The fraction of sp³-hybridized carbons (Fsp3) is 0.200. The highest BCUT2D eigenvalue weighted by Gasteiger charge is 2.14. The van der Waals surface area contributed by atoms with Crippen LogP contribution >= 0.6 is 0 Å². The molecular weight excluding hydrogens is 406 g/mol. The van der Waals surface area contributed by atoms with Gasteiger partial charge in [-0.3, -0.25) is 0 Å². The molecule has 0 spiro atoms. The maximum atomic E-state index is 10.7. The van der Waals surface area contributed by atoms with E-state index >= 15 is 0 Å². The number of carboxylic acid groups (broad SMARTS) is 1. The number of nitrogens with zero attached hydrogens (tertiary/aromatic N) is 2. The van der Waals surface area contributed by atoms with Crippen LogP contribution in [0.2, 0.25) is 0 Å². The van der Waals surface area contributed by atoms with E-state index in [-0.39, 0.29) is 6.61 Å². The molecule has 7 nitrogen and oxygen atoms in total. The van der Waals surface area contributed by atoms with Crippen LogP contribution in [-0.4, -0.2) is 36.8 Å². The molecule has 4 rings (SSSR count). The molecular formula is C25H25N3O4. The lowest BCUT2D eigenvalue weighted by Crippen LogP contribution is -2.15. The molecule has 0 unspecified atom stereocenters. The predicted molar refractivity (Wildman–Crippen MR) is 124 cm³/mol. The Balaban J connectivity index is 1.52. The molecule has 0 fully saturated rings. The zero-order valence-electron chi connectivity index (χ0n) is 18.0. The fourth-order valence-corrected chi connectivity index (χ4v) is 3.42. The Kier molecular flexibility index (Phi) is 6.37. The molecule has 0 saturated carbocycles. The third kappa shape index (κ3) is 5.07. The minimum atomic E-state index is -0.999. The molecule has 32 heavy (non-hydrogen) atoms. The van der Waals surface area contributed by atoms with E-state index in [1.54, 1.807) is 6.07 Å². The summed E-state index contributed by atoms with van der Waals surface area (Å²) in [6.45, 7) is 0.859. The number of anilines is 1. The average molecular weight is 431 g/mol. The zero-order chi connectivity index (χ0) is 22.5. The minimum absolute atomic E-state index is 0.358. The maximum absolute atomic E-state index is 10.7. The molecule has 0 aliphatic rings. The van der Waals surface area contributed by atoms with E-state index in [1.165, 1.54) is 0 Å². The molecule has 7 heteroatoms. The van der Waals surface area contributed by atoms with Crippen LogP contribution in [-0.2, 0) is 17.9 Å². The standard InChI is InChI=1S/C25H25N3O4/c1-28(2)19-11-10-18(21(13-19)25-27-22-8-3-4-9-23(22)32-25)15-26-14-17-6-5-7-20(12-17)31-16-24(29)30/h3-13,26H,14-16H2,1-2H3,(H,29,30). The van der Waals surface area contributed by atoms with Gasteiger partial charge in [-0.15, -0.1) is 0 Å². The Hall–Kier alpha value is -3.84. The van der Waals surface area contributed by atoms with Crippen molar-refractivity contribution in [1.82, 2.24) is 10.3 Å². The van der Waals surface area contributed by atoms with Crippen molar-refractivity contribution < 1.29 is 19.1 Å². The van der Waals surface area contributed by atoms with E-state index < -0.39 is 5.97 Å². The molecule has 3 aromatic carbocycles. The molecule has 0 radical (unpaired) electrons. The van der Waals surface area contributed by atoms with Gasteiger partial charge in [-0.1, -0.05) is 30.3 Å². The van der Waals surface area contributed by atoms with Crippen molar-refractivity contribution in [1.29, 1.82) is 0 Å². The van der Waals surface area contributed by atoms with Crippen LogP contribution in [0.25, 0.3) is 22.6 Å². The highest BCUT2D eigenvalue weighted by Crippen LogP contribution is 2.30. The predicted octanol–water partition coefficient (Wildman–Crippen LogP) is 4.31. The molecule has 0 aliphatic heterocycles. The Bertz CT molecular complexity index is 1200. The smallest absolute Gasteiger partial charge is 0.341 e. The lowest BCUT2D eigenvalue weighted by atomic mass is 10.1. The van der Waals surface area contributed by atoms with Gasteiger partial charge < -0.3 is 24.5 Å². The second kappa shape index (κ2) is 9.53. The number of nitrogens with one attached hydrogen (secondary N) is 1. The van der Waals surface area contributed by atoms with Gasteiger partial charge in [0.2, 0.25) is 5.89 Å². The van der Waals surface area contributed by atoms with Crippen LogP contribution in [0.1, 0.15) is 11.1 Å². The highest BCUT2D eigenvalue weighted by molar-refractivity contribution is 5.77. The van der Waals surface area contributed by atoms with Crippen LogP contribution in [0.4, 0.5) is 5.69 Å². The summed E-state index contributed by atoms with van der Waals surface area (Å²) < 4.78 is 11.3. The first kappa shape index (κ1) is 21.4. The van der Waals surface area contributed by atoms with Crippen LogP contribution in [0, 0.1) is 0 Å². The monoisotopic (exact) mass is 431 g/mol. The number of hydrogen-bond acceptors (Lipinski definition) is 6. The summed E-state index contributed by atoms with van der Waals surface area (Å²) in [5.41, 5.74) is 5.67. The second-order valence-corrected chi connectivity index (χ2v) is 7.66. The minimum Gasteiger partial charge on any atom is -0.482 e. The maximum Gasteiger partial charge on any atom is 0.341 e. The van der Waals surface area contributed by atoms with Crippen molar-refractivity contribution in [3.8, 4) is 17.2 Å². The quantitative estimate of drug-likeness (QED) is 0.408. The van der Waals surface area contributed by atoms with Gasteiger partial charge in [0.25, 0.3) is 0 Å². The Morgan fingerprint density at radius 2 is 1.91 bits per heavy atom. The highest BCUT2D eigenvalue weighted by atomic mass is 16.5. The summed E-state index contributed by atoms with van der Waals surface area (Å²) in [5.74, 6) is 0.131. The normalized spacial score (nSPS) is 10.9. The van der Waals surface area contributed by atoms with E-state index in [1.807, 2.05) is 61.5 Å². The summed E-state index contributed by atoms with van der Waals surface area (Å²) in [4.78, 5) is 17.4. The van der Waals surface area contributed by atoms with Crippen molar-refractivity contribution in [2.24, 2.45) is 0 Å². The Labute approximate surface area is 186 Å². The van der Waals surface area contributed by atoms with Gasteiger partial charge in [-0.05, 0) is 47.5 Å². The number of para-hydroxylation sites is 2. The first-order chi connectivity index (χ1) is 15.5. The van der Waals surface area contributed by atoms with E-state index in [0.29, 0.717) is 24.7 Å². The van der Waals surface area contributed by atoms with Crippen molar-refractivity contribution in [3.63, 3.8) is 0 Å². The van der Waals surface area contributed by atoms with Crippen molar-refractivity contribution in [2.75, 3.05) is 25.6 Å². The van der Waals surface area contributed by atoms with Crippen LogP contribution in [0.15, 0.2) is 71.1 Å². The third-order valence-electron chi connectivity index (χ3n) is 5.04. The summed E-state index contributed by atoms with van der Waals surface area (Å²) in [5, 5.41) is 12.2. The van der Waals surface area contributed by atoms with Crippen LogP contribution < -0.4 is 15.0 Å². The number of fused-ring (bicyclic) bond motifs is 1. The molecule has 0 saturated heterocycles. The fourth-order valence-electron chi connectivity index (χ4n) is 3.42. The van der Waals surface area contributed by atoms with E-state index in [0.717, 1.165) is 33.5 Å². The van der Waals surface area contributed by atoms with Gasteiger partial charge >= 0.3 is 5.97 Å². The Morgan fingerprint density at radius 3 is 2.69 bits per heavy atom. The summed E-state index contributed by atoms with van der Waals surface area (Å²) >= 11 is 0. The Morgan fingerprint density at radius 1 is 1.06 bits per heavy atom. The largest absolute Gasteiger partial charge is 0.482 e. The van der Waals surface area contributed by atoms with Gasteiger partial charge in [0.15, 0.2) is 12.2 Å². The van der Waals surface area contributed by atoms with E-state index in [2.05, 4.69) is 28.5 Å². The van der Waals surface area contributed by atoms with E-state index in [4.69, 9.17) is 14.3 Å². The molecule has 0 aliphatic carbocycles. The number of carbonyl (C=O) groups is 1. The number of hydrogen-bond donors (Lipinski definition) is 2. The number of aliphatic carboxylic acids is 1. The lowest BCUT2D eigenvalue weighted by molar-refractivity contribution is -0.139. The number of carboxylic acids is 1. The molecule has 0 bridgehead atoms. The first-order valence-corrected chi connectivity index (χ1v) is 10.3. The van der Waals surface area contributed by atoms with Crippen LogP contribution in [0.5, 0.6) is 5.75 Å². The van der Waals surface area contributed by atoms with Gasteiger partial charge in [-0.2, -0.15) is 0 Å². The van der Waals surface area contributed by atoms with Crippen molar-refractivity contribution in [2.45, 2.75) is 13.1 Å². The SMILES string of the molecule is CN(C)c1ccc(CNCc2cccc(OCC(=O)O)c2)c(-c2nc3ccccc3o2)c1. The second-order valence-electron chi connectivity index (χ2n) is 7.66. The summed E-state index contributed by atoms with van der Waals surface area (Å²) in [6, 6.07) is 21.4. The lowest BCUT2D eigenvalue weighted by Gasteiger charge is -2.16. The number of benzene rings is 3. The number of aromatic nitrogens is 1. The summed E-state index contributed by atoms with van der Waals surface area (Å²) in [6.07, 6.45) is 0. The van der Waals surface area contributed by atoms with Gasteiger partial charge in [-0.25, -0.2) is 9.78 Å². The zero-order valence-corrected chi connectivity index (χ0v) is 18.0. The van der Waals surface area contributed by atoms with Gasteiger partial charge in [0, 0.05) is 38.4 Å². The molecule has 1 heterocycles. The first-order valence-electron chi connectivity index (χ1n) is 10.3. The number of oxazole rings is 1. The molecule has 4 aromatic rings. The molecule has 0 atom stereocenters. The van der Waals surface area contributed by atoms with Crippen molar-refractivity contribution in [3.05, 3.63) is 77.9 Å². The van der Waals surface area contributed by atoms with Gasteiger partial charge in [0.05, 0.1) is 0 Å². The molecule has 1 aromatic heterocycles. The molecule has 2 N–H and O–H groups in total. The average Bonchev–Trinajstić information content (AvgIpc) is 3.22. The third-order valence-corrected chi connectivity index (χ3v) is 5.04. The molecule has 0 amide bonds. The van der Waals surface area contributed by atoms with Gasteiger partial charge in [0.1, 0.15) is 11.3 Å². The number of ether oxygens (including phenoxy) is 1. The summed E-state index contributed by atoms with van der Waals surface area (Å²) in [7, 11) is 4.00. The molecule has 164 valence electrons. The number of rotatable bonds is 9.